The molecule has 0 spiro atoms. The van der Waals surface area contributed by atoms with Gasteiger partial charge in [0.15, 0.2) is 52.4 Å². The van der Waals surface area contributed by atoms with Gasteiger partial charge in [0.2, 0.25) is 0 Å². The highest BCUT2D eigenvalue weighted by Gasteiger charge is 2.37. The number of halogens is 12. The number of quaternary nitrogens is 1. The number of benzene rings is 4. The Bertz CT molecular complexity index is 1720. The van der Waals surface area contributed by atoms with E-state index in [1.165, 1.54) is 0 Å². The molecule has 0 amide bonds. The molecule has 0 fully saturated rings. The molecule has 0 N–H and O–H groups in total. The van der Waals surface area contributed by atoms with Crippen molar-refractivity contribution in [3.8, 4) is 17.2 Å². The zero-order chi connectivity index (χ0) is 40.2. The van der Waals surface area contributed by atoms with E-state index >= 15 is 4.39 Å². The number of nitrogens with zero attached hydrogens (tertiary/aromatic N) is 1. The molecule has 0 bridgehead atoms. The predicted octanol–water partition coefficient (Wildman–Crippen LogP) is 11.1. The van der Waals surface area contributed by atoms with Gasteiger partial charge in [-0.3, -0.25) is 8.78 Å². The minimum absolute atomic E-state index is 0.162. The first-order chi connectivity index (χ1) is 25.6. The SMILES string of the molecule is CCCC[N+](CCCC)(CCCC)Cc1c(OB(Oc2cc(F)c(F)c(F)c2)Oc2cc(F)c(F)c(F)c2)cc(F)c(F)c1F.Fc1c[c-]cc(F)c1F. The van der Waals surface area contributed by atoms with E-state index in [1.807, 2.05) is 20.8 Å². The van der Waals surface area contributed by atoms with Gasteiger partial charge < -0.3 is 18.4 Å². The summed E-state index contributed by atoms with van der Waals surface area (Å²) >= 11 is 0. The van der Waals surface area contributed by atoms with Crippen LogP contribution in [0.3, 0.4) is 0 Å². The topological polar surface area (TPSA) is 27.7 Å². The van der Waals surface area contributed by atoms with E-state index in [-0.39, 0.29) is 6.54 Å². The second kappa shape index (κ2) is 20.2. The third-order valence-electron chi connectivity index (χ3n) is 8.12. The molecule has 0 aliphatic carbocycles. The summed E-state index contributed by atoms with van der Waals surface area (Å²) in [7, 11) is -2.31. The largest absolute Gasteiger partial charge is 0.864 e. The van der Waals surface area contributed by atoms with Crippen LogP contribution in [0.5, 0.6) is 17.2 Å². The fraction of sp³-hybridized carbons (Fsp3) is 0.351. The van der Waals surface area contributed by atoms with Gasteiger partial charge in [0.05, 0.1) is 31.0 Å². The summed E-state index contributed by atoms with van der Waals surface area (Å²) in [6.45, 7) is 7.49. The van der Waals surface area contributed by atoms with Gasteiger partial charge in [-0.1, -0.05) is 40.0 Å². The van der Waals surface area contributed by atoms with Crippen molar-refractivity contribution in [2.45, 2.75) is 65.8 Å². The minimum atomic E-state index is -2.31. The highest BCUT2D eigenvalue weighted by atomic mass is 19.2. The maximum atomic E-state index is 15.6. The van der Waals surface area contributed by atoms with Gasteiger partial charge in [0, 0.05) is 42.0 Å². The van der Waals surface area contributed by atoms with Crippen LogP contribution in [0.15, 0.2) is 42.5 Å². The summed E-state index contributed by atoms with van der Waals surface area (Å²) in [6, 6.07) is 5.61. The molecule has 4 nitrogen and oxygen atoms in total. The van der Waals surface area contributed by atoms with Crippen molar-refractivity contribution in [2.24, 2.45) is 0 Å². The average molecular weight is 781 g/mol. The molecule has 0 radical (unpaired) electrons. The van der Waals surface area contributed by atoms with Crippen LogP contribution >= 0.6 is 0 Å². The number of unbranched alkanes of at least 4 members (excludes halogenated alkanes) is 3. The van der Waals surface area contributed by atoms with E-state index < -0.39 is 99.9 Å². The second-order valence-electron chi connectivity index (χ2n) is 12.2. The summed E-state index contributed by atoms with van der Waals surface area (Å²) in [6.07, 6.45) is 4.65. The summed E-state index contributed by atoms with van der Waals surface area (Å²) in [5.74, 6) is -21.5. The van der Waals surface area contributed by atoms with Gasteiger partial charge in [-0.15, -0.1) is 12.1 Å². The summed E-state index contributed by atoms with van der Waals surface area (Å²) in [5, 5.41) is 0. The van der Waals surface area contributed by atoms with Gasteiger partial charge in [0.1, 0.15) is 23.8 Å². The Morgan fingerprint density at radius 1 is 0.481 bits per heavy atom. The van der Waals surface area contributed by atoms with Gasteiger partial charge >= 0.3 is 7.32 Å². The molecule has 0 aliphatic rings. The molecule has 17 heteroatoms. The number of hydrogen-bond donors (Lipinski definition) is 0. The molecule has 0 saturated heterocycles. The molecule has 54 heavy (non-hydrogen) atoms. The first-order valence-corrected chi connectivity index (χ1v) is 16.9. The van der Waals surface area contributed by atoms with E-state index in [4.69, 9.17) is 14.0 Å². The lowest BCUT2D eigenvalue weighted by molar-refractivity contribution is -0.941. The van der Waals surface area contributed by atoms with E-state index in [9.17, 15) is 48.3 Å². The van der Waals surface area contributed by atoms with Crippen LogP contribution in [0.25, 0.3) is 0 Å². The molecule has 0 saturated carbocycles. The molecular weight excluding hydrogens is 745 g/mol. The Labute approximate surface area is 305 Å². The molecule has 0 aliphatic heterocycles. The summed E-state index contributed by atoms with van der Waals surface area (Å²) in [4.78, 5) is 0. The average Bonchev–Trinajstić information content (AvgIpc) is 3.13. The molecule has 0 unspecified atom stereocenters. The monoisotopic (exact) mass is 781 g/mol. The predicted molar refractivity (Wildman–Crippen MR) is 175 cm³/mol. The molecular formula is C37H36BF12NO3. The highest BCUT2D eigenvalue weighted by molar-refractivity contribution is 6.39. The summed E-state index contributed by atoms with van der Waals surface area (Å²) in [5.41, 5.74) is -0.414. The lowest BCUT2D eigenvalue weighted by Gasteiger charge is -2.39. The van der Waals surface area contributed by atoms with Crippen LogP contribution in [0, 0.1) is 75.9 Å². The first-order valence-electron chi connectivity index (χ1n) is 16.9. The lowest BCUT2D eigenvalue weighted by atomic mass is 10.1. The van der Waals surface area contributed by atoms with Gasteiger partial charge in [-0.05, 0) is 19.3 Å². The van der Waals surface area contributed by atoms with Crippen LogP contribution < -0.4 is 14.0 Å². The highest BCUT2D eigenvalue weighted by Crippen LogP contribution is 2.33. The van der Waals surface area contributed by atoms with Crippen LogP contribution in [0.2, 0.25) is 0 Å². The van der Waals surface area contributed by atoms with Crippen molar-refractivity contribution >= 4 is 7.32 Å². The fourth-order valence-corrected chi connectivity index (χ4v) is 5.28. The van der Waals surface area contributed by atoms with Crippen LogP contribution in [-0.4, -0.2) is 31.4 Å². The van der Waals surface area contributed by atoms with E-state index in [2.05, 4.69) is 6.07 Å². The normalized spacial score (nSPS) is 11.2. The zero-order valence-electron chi connectivity index (χ0n) is 29.4. The molecule has 0 aromatic heterocycles. The molecule has 0 heterocycles. The third kappa shape index (κ3) is 11.7. The second-order valence-corrected chi connectivity index (χ2v) is 12.2. The van der Waals surface area contributed by atoms with Gasteiger partial charge in [-0.2, -0.15) is 6.07 Å². The molecule has 4 aromatic carbocycles. The van der Waals surface area contributed by atoms with Crippen LogP contribution in [0.1, 0.15) is 64.9 Å². The van der Waals surface area contributed by atoms with E-state index in [1.54, 1.807) is 0 Å². The fourth-order valence-electron chi connectivity index (χ4n) is 5.28. The Morgan fingerprint density at radius 2 is 0.852 bits per heavy atom. The maximum Gasteiger partial charge on any atom is 0.864 e. The van der Waals surface area contributed by atoms with Crippen molar-refractivity contribution < 1.29 is 71.1 Å². The Balaban J connectivity index is 0.000000759. The molecule has 4 aromatic rings. The first kappa shape index (κ1) is 43.9. The molecule has 4 rings (SSSR count). The summed E-state index contributed by atoms with van der Waals surface area (Å²) < 4.78 is 180. The number of rotatable bonds is 17. The lowest BCUT2D eigenvalue weighted by Crippen LogP contribution is -2.50. The molecule has 294 valence electrons. The Morgan fingerprint density at radius 3 is 1.22 bits per heavy atom. The number of hydrogen-bond acceptors (Lipinski definition) is 3. The third-order valence-corrected chi connectivity index (χ3v) is 8.12. The van der Waals surface area contributed by atoms with Crippen LogP contribution in [0.4, 0.5) is 52.7 Å². The van der Waals surface area contributed by atoms with Crippen molar-refractivity contribution in [1.82, 2.24) is 0 Å². The smallest absolute Gasteiger partial charge is 0.489 e. The van der Waals surface area contributed by atoms with Crippen molar-refractivity contribution in [2.75, 3.05) is 19.6 Å². The van der Waals surface area contributed by atoms with Gasteiger partial charge in [0.25, 0.3) is 0 Å². The zero-order valence-corrected chi connectivity index (χ0v) is 29.4. The van der Waals surface area contributed by atoms with Crippen molar-refractivity contribution in [1.29, 1.82) is 0 Å². The minimum Gasteiger partial charge on any atom is -0.489 e. The Kier molecular flexibility index (Phi) is 16.4. The quantitative estimate of drug-likeness (QED) is 0.0351. The van der Waals surface area contributed by atoms with E-state index in [0.717, 1.165) is 50.7 Å². The maximum absolute atomic E-state index is 15.6. The molecule has 0 atom stereocenters. The van der Waals surface area contributed by atoms with Crippen molar-refractivity contribution in [3.63, 3.8) is 0 Å². The van der Waals surface area contributed by atoms with Gasteiger partial charge in [-0.25, -0.2) is 43.9 Å². The van der Waals surface area contributed by atoms with E-state index in [0.29, 0.717) is 54.4 Å². The standard InChI is InChI=1S/C31H34BF9NO3.C6H2F3/c1-4-7-10-42(11-8-5-2,12-9-6-3)18-21-27(17-26(37)31(41)28(21)38)45-32(43-19-13-22(33)29(39)23(34)14-19)44-20-15-24(35)30(40)25(36)16-20;7-4-2-1-3-5(8)6(4)9/h13-17H,4-12,18H2,1-3H3;2-3H/q+1;-1. The van der Waals surface area contributed by atoms with Crippen molar-refractivity contribution in [3.05, 3.63) is 124 Å². The Hall–Kier alpha value is -4.54. The van der Waals surface area contributed by atoms with Crippen LogP contribution in [-0.2, 0) is 6.54 Å².